The molecule has 0 aliphatic carbocycles. The van der Waals surface area contributed by atoms with Crippen molar-refractivity contribution in [2.45, 2.75) is 12.5 Å². The van der Waals surface area contributed by atoms with Gasteiger partial charge in [-0.2, -0.15) is 0 Å². The van der Waals surface area contributed by atoms with E-state index >= 15 is 0 Å². The van der Waals surface area contributed by atoms with Gasteiger partial charge in [0.25, 0.3) is 0 Å². The fourth-order valence-corrected chi connectivity index (χ4v) is 3.45. The monoisotopic (exact) mass is 262 g/mol. The smallest absolute Gasteiger partial charge is 0.227 e. The van der Waals surface area contributed by atoms with E-state index in [0.717, 1.165) is 12.1 Å². The lowest BCUT2D eigenvalue weighted by molar-refractivity contribution is -0.592. The van der Waals surface area contributed by atoms with Gasteiger partial charge in [-0.05, 0) is 11.6 Å². The lowest BCUT2D eigenvalue weighted by Crippen LogP contribution is -2.21. The topological polar surface area (TPSA) is 42.9 Å². The molecule has 4 nitrogen and oxygen atoms in total. The first kappa shape index (κ1) is 9.91. The number of amides is 1. The molecule has 0 saturated carbocycles. The molecule has 3 rings (SSSR count). The van der Waals surface area contributed by atoms with Gasteiger partial charge in [-0.25, -0.2) is 19.0 Å². The molecular formula is C8H7Cl2N3OP+. The van der Waals surface area contributed by atoms with Crippen molar-refractivity contribution in [2.24, 2.45) is 0 Å². The van der Waals surface area contributed by atoms with Crippen LogP contribution in [-0.4, -0.2) is 26.7 Å². The van der Waals surface area contributed by atoms with Crippen LogP contribution in [0.2, 0.25) is 10.4 Å². The van der Waals surface area contributed by atoms with Gasteiger partial charge in [-0.1, -0.05) is 11.6 Å². The number of nitrogens with zero attached hydrogens (tertiary/aromatic N) is 3. The van der Waals surface area contributed by atoms with Crippen LogP contribution in [0.25, 0.3) is 0 Å². The molecule has 7 heteroatoms. The Hall–Kier alpha value is -0.280. The fourth-order valence-electron chi connectivity index (χ4n) is 2.25. The lowest BCUT2D eigenvalue weighted by Gasteiger charge is -2.05. The molecule has 2 aliphatic rings. The minimum atomic E-state index is -0.279. The average Bonchev–Trinajstić information content (AvgIpc) is 2.63. The standard InChI is InChI=1S/C8H7Cl2N3OP/c1-8-2-13(8,15)6(14)4-3(8)5(9)12-7(10)11-4/h2,15H2,1H3/q+1. The van der Waals surface area contributed by atoms with Gasteiger partial charge >= 0.3 is 5.91 Å². The molecule has 0 spiro atoms. The SMILES string of the molecule is CC12C[N+]1(P)C(=O)c1nc(Cl)nc(Cl)c12. The molecule has 0 aromatic carbocycles. The van der Waals surface area contributed by atoms with E-state index in [4.69, 9.17) is 23.2 Å². The summed E-state index contributed by atoms with van der Waals surface area (Å²) in [4.78, 5) is 19.9. The van der Waals surface area contributed by atoms with E-state index in [-0.39, 0.29) is 21.0 Å². The highest BCUT2D eigenvalue weighted by molar-refractivity contribution is 7.10. The minimum absolute atomic E-state index is 0.0230. The number of halogens is 2. The summed E-state index contributed by atoms with van der Waals surface area (Å²) in [6, 6.07) is 0. The summed E-state index contributed by atoms with van der Waals surface area (Å²) in [5.41, 5.74) is 0.816. The molecule has 15 heavy (non-hydrogen) atoms. The Morgan fingerprint density at radius 2 is 2.13 bits per heavy atom. The highest BCUT2D eigenvalue weighted by Crippen LogP contribution is 2.62. The van der Waals surface area contributed by atoms with Crippen LogP contribution in [0.3, 0.4) is 0 Å². The third-order valence-corrected chi connectivity index (χ3v) is 4.71. The summed E-state index contributed by atoms with van der Waals surface area (Å²) in [5.74, 6) is -0.0521. The molecule has 1 aromatic rings. The lowest BCUT2D eigenvalue weighted by atomic mass is 10.0. The van der Waals surface area contributed by atoms with E-state index < -0.39 is 0 Å². The zero-order valence-electron chi connectivity index (χ0n) is 7.79. The van der Waals surface area contributed by atoms with Crippen LogP contribution in [0.4, 0.5) is 0 Å². The van der Waals surface area contributed by atoms with E-state index in [9.17, 15) is 4.79 Å². The third kappa shape index (κ3) is 0.942. The summed E-state index contributed by atoms with van der Waals surface area (Å²) in [7, 11) is 2.56. The van der Waals surface area contributed by atoms with E-state index in [1.54, 1.807) is 0 Å². The number of aromatic nitrogens is 2. The van der Waals surface area contributed by atoms with Crippen molar-refractivity contribution in [3.05, 3.63) is 21.7 Å². The largest absolute Gasteiger partial charge is 0.367 e. The molecule has 3 atom stereocenters. The van der Waals surface area contributed by atoms with Crippen molar-refractivity contribution in [1.29, 1.82) is 0 Å². The van der Waals surface area contributed by atoms with Crippen molar-refractivity contribution in [1.82, 2.24) is 9.97 Å². The highest BCUT2D eigenvalue weighted by Gasteiger charge is 2.77. The molecule has 0 radical (unpaired) electrons. The first-order chi connectivity index (χ1) is 6.90. The average molecular weight is 263 g/mol. The summed E-state index contributed by atoms with van der Waals surface area (Å²) < 4.78 is 0.261. The van der Waals surface area contributed by atoms with Crippen LogP contribution >= 0.6 is 32.6 Å². The maximum atomic E-state index is 12.0. The number of carbonyl (C=O) groups is 1. The number of hydrogen-bond donors (Lipinski definition) is 0. The molecule has 3 heterocycles. The fraction of sp³-hybridized carbons (Fsp3) is 0.375. The number of rotatable bonds is 0. The molecule has 1 fully saturated rings. The molecule has 1 saturated heterocycles. The molecule has 3 unspecified atom stereocenters. The summed E-state index contributed by atoms with van der Waals surface area (Å²) >= 11 is 11.7. The Kier molecular flexibility index (Phi) is 1.66. The normalized spacial score (nSPS) is 36.4. The van der Waals surface area contributed by atoms with Crippen molar-refractivity contribution in [3.8, 4) is 0 Å². The van der Waals surface area contributed by atoms with Gasteiger partial charge in [0, 0.05) is 6.92 Å². The van der Waals surface area contributed by atoms with Crippen LogP contribution in [-0.2, 0) is 5.54 Å². The molecule has 1 amide bonds. The predicted octanol–water partition coefficient (Wildman–Crippen LogP) is 1.77. The van der Waals surface area contributed by atoms with Crippen LogP contribution in [0.1, 0.15) is 23.0 Å². The summed E-state index contributed by atoms with van der Waals surface area (Å²) in [6.45, 7) is 2.71. The minimum Gasteiger partial charge on any atom is -0.227 e. The van der Waals surface area contributed by atoms with Crippen LogP contribution < -0.4 is 0 Å². The van der Waals surface area contributed by atoms with E-state index in [0.29, 0.717) is 10.8 Å². The first-order valence-electron chi connectivity index (χ1n) is 4.35. The Labute approximate surface area is 98.4 Å². The van der Waals surface area contributed by atoms with Crippen molar-refractivity contribution < 1.29 is 9.05 Å². The molecule has 0 bridgehead atoms. The summed E-state index contributed by atoms with van der Waals surface area (Å²) in [6.07, 6.45) is 0. The third-order valence-electron chi connectivity index (χ3n) is 3.28. The Bertz CT molecular complexity index is 523. The van der Waals surface area contributed by atoms with E-state index in [1.165, 1.54) is 0 Å². The zero-order valence-corrected chi connectivity index (χ0v) is 10.5. The number of quaternary nitrogens is 1. The van der Waals surface area contributed by atoms with Gasteiger partial charge in [-0.3, -0.25) is 0 Å². The molecule has 2 aliphatic heterocycles. The number of fused-ring (bicyclic) bond motifs is 3. The van der Waals surface area contributed by atoms with E-state index in [1.807, 2.05) is 6.92 Å². The van der Waals surface area contributed by atoms with E-state index in [2.05, 4.69) is 19.4 Å². The van der Waals surface area contributed by atoms with Crippen LogP contribution in [0, 0.1) is 0 Å². The van der Waals surface area contributed by atoms with Crippen LogP contribution in [0.5, 0.6) is 0 Å². The van der Waals surface area contributed by atoms with Gasteiger partial charge in [0.1, 0.15) is 11.7 Å². The van der Waals surface area contributed by atoms with Gasteiger partial charge in [0.15, 0.2) is 11.2 Å². The predicted molar refractivity (Wildman–Crippen MR) is 58.6 cm³/mol. The molecular weight excluding hydrogens is 256 g/mol. The van der Waals surface area contributed by atoms with Gasteiger partial charge < -0.3 is 0 Å². The quantitative estimate of drug-likeness (QED) is 0.310. The van der Waals surface area contributed by atoms with Crippen molar-refractivity contribution in [3.63, 3.8) is 0 Å². The molecule has 0 N–H and O–H groups in total. The Morgan fingerprint density at radius 1 is 1.47 bits per heavy atom. The van der Waals surface area contributed by atoms with Gasteiger partial charge in [-0.15, -0.1) is 0 Å². The second-order valence-corrected chi connectivity index (χ2v) is 5.69. The van der Waals surface area contributed by atoms with Gasteiger partial charge in [0.05, 0.1) is 15.0 Å². The number of hydrogen-bond acceptors (Lipinski definition) is 3. The Morgan fingerprint density at radius 3 is 2.80 bits per heavy atom. The maximum absolute atomic E-state index is 12.0. The second kappa shape index (κ2) is 2.51. The molecule has 78 valence electrons. The maximum Gasteiger partial charge on any atom is 0.367 e. The summed E-state index contributed by atoms with van der Waals surface area (Å²) in [5, 5.41) is 0.315. The Balaban J connectivity index is 2.36. The molecule has 1 aromatic heterocycles. The van der Waals surface area contributed by atoms with Gasteiger partial charge in [0.2, 0.25) is 5.28 Å². The second-order valence-electron chi connectivity index (χ2n) is 4.11. The van der Waals surface area contributed by atoms with Crippen LogP contribution in [0.15, 0.2) is 0 Å². The zero-order chi connectivity index (χ0) is 11.0. The first-order valence-corrected chi connectivity index (χ1v) is 5.62. The van der Waals surface area contributed by atoms with Crippen molar-refractivity contribution in [2.75, 3.05) is 6.54 Å². The number of carbonyl (C=O) groups excluding carboxylic acids is 1. The van der Waals surface area contributed by atoms with Crippen molar-refractivity contribution >= 4 is 38.5 Å². The highest BCUT2D eigenvalue weighted by atomic mass is 35.5.